The van der Waals surface area contributed by atoms with E-state index in [-0.39, 0.29) is 25.5 Å². The van der Waals surface area contributed by atoms with Crippen LogP contribution in [-0.4, -0.2) is 43.3 Å². The fraction of sp³-hybridized carbons (Fsp3) is 0.385. The molecule has 0 saturated heterocycles. The van der Waals surface area contributed by atoms with E-state index in [1.165, 1.54) is 7.11 Å². The van der Waals surface area contributed by atoms with E-state index >= 15 is 0 Å². The van der Waals surface area contributed by atoms with Crippen LogP contribution in [0.15, 0.2) is 28.7 Å². The molecule has 1 rings (SSSR count). The summed E-state index contributed by atoms with van der Waals surface area (Å²) in [5, 5.41) is 11.2. The van der Waals surface area contributed by atoms with Crippen molar-refractivity contribution >= 4 is 27.8 Å². The van der Waals surface area contributed by atoms with Gasteiger partial charge >= 0.3 is 5.97 Å². The van der Waals surface area contributed by atoms with Gasteiger partial charge in [-0.25, -0.2) is 0 Å². The molecule has 1 aromatic carbocycles. The van der Waals surface area contributed by atoms with Crippen LogP contribution in [0.4, 0.5) is 0 Å². The van der Waals surface area contributed by atoms with E-state index in [0.29, 0.717) is 5.75 Å². The summed E-state index contributed by atoms with van der Waals surface area (Å²) in [6, 6.07) is 7.13. The molecule has 0 saturated carbocycles. The first-order valence-corrected chi connectivity index (χ1v) is 6.70. The van der Waals surface area contributed by atoms with Crippen molar-refractivity contribution in [1.29, 1.82) is 0 Å². The molecule has 20 heavy (non-hydrogen) atoms. The van der Waals surface area contributed by atoms with Gasteiger partial charge in [-0.2, -0.15) is 0 Å². The number of carboxylic acid groups (broad SMARTS) is 1. The highest BCUT2D eigenvalue weighted by atomic mass is 79.9. The van der Waals surface area contributed by atoms with Crippen LogP contribution < -0.4 is 10.1 Å². The molecule has 1 amide bonds. The maximum atomic E-state index is 11.6. The Morgan fingerprint density at radius 3 is 2.80 bits per heavy atom. The van der Waals surface area contributed by atoms with Crippen molar-refractivity contribution in [2.75, 3.05) is 20.3 Å². The van der Waals surface area contributed by atoms with Gasteiger partial charge in [0.1, 0.15) is 5.75 Å². The van der Waals surface area contributed by atoms with Gasteiger partial charge < -0.3 is 19.9 Å². The van der Waals surface area contributed by atoms with Crippen molar-refractivity contribution in [3.8, 4) is 5.75 Å². The van der Waals surface area contributed by atoms with Gasteiger partial charge in [0.05, 0.1) is 12.5 Å². The molecule has 0 heterocycles. The number of nitrogens with one attached hydrogen (secondary N) is 1. The zero-order valence-electron chi connectivity index (χ0n) is 11.0. The molecule has 0 aliphatic heterocycles. The highest BCUT2D eigenvalue weighted by Crippen LogP contribution is 2.17. The summed E-state index contributed by atoms with van der Waals surface area (Å²) in [6.45, 7) is -0.0105. The Morgan fingerprint density at radius 2 is 2.20 bits per heavy atom. The number of halogens is 1. The summed E-state index contributed by atoms with van der Waals surface area (Å²) in [5.41, 5.74) is 0. The van der Waals surface area contributed by atoms with Gasteiger partial charge in [-0.3, -0.25) is 9.59 Å². The Bertz CT molecular complexity index is 466. The van der Waals surface area contributed by atoms with E-state index in [4.69, 9.17) is 14.6 Å². The second kappa shape index (κ2) is 8.55. The van der Waals surface area contributed by atoms with Crippen molar-refractivity contribution in [3.05, 3.63) is 28.7 Å². The molecule has 0 aliphatic carbocycles. The summed E-state index contributed by atoms with van der Waals surface area (Å²) in [5.74, 6) is -0.739. The molecule has 0 bridgehead atoms. The van der Waals surface area contributed by atoms with Crippen LogP contribution in [0.25, 0.3) is 0 Å². The van der Waals surface area contributed by atoms with Crippen LogP contribution in [0.1, 0.15) is 6.42 Å². The largest absolute Gasteiger partial charge is 0.484 e. The first-order chi connectivity index (χ1) is 9.51. The molecule has 7 heteroatoms. The molecule has 110 valence electrons. The summed E-state index contributed by atoms with van der Waals surface area (Å²) in [6.07, 6.45) is -0.717. The number of methoxy groups -OCH3 is 1. The van der Waals surface area contributed by atoms with Crippen LogP contribution in [0.5, 0.6) is 5.75 Å². The Labute approximate surface area is 125 Å². The fourth-order valence-electron chi connectivity index (χ4n) is 1.42. The summed E-state index contributed by atoms with van der Waals surface area (Å²) in [4.78, 5) is 22.1. The van der Waals surface area contributed by atoms with Gasteiger partial charge in [0.2, 0.25) is 0 Å². The van der Waals surface area contributed by atoms with Gasteiger partial charge in [-0.15, -0.1) is 0 Å². The van der Waals surface area contributed by atoms with Crippen molar-refractivity contribution in [1.82, 2.24) is 5.32 Å². The molecule has 0 aliphatic rings. The van der Waals surface area contributed by atoms with E-state index in [0.717, 1.165) is 4.47 Å². The molecule has 1 atom stereocenters. The third-order valence-electron chi connectivity index (χ3n) is 2.43. The Balaban J connectivity index is 2.31. The molecular formula is C13H16BrNO5. The zero-order valence-corrected chi connectivity index (χ0v) is 12.6. The van der Waals surface area contributed by atoms with Crippen LogP contribution in [0.3, 0.4) is 0 Å². The average Bonchev–Trinajstić information content (AvgIpc) is 2.40. The van der Waals surface area contributed by atoms with Crippen molar-refractivity contribution in [2.45, 2.75) is 12.5 Å². The molecular weight excluding hydrogens is 330 g/mol. The maximum absolute atomic E-state index is 11.6. The predicted octanol–water partition coefficient (Wildman–Crippen LogP) is 1.43. The second-order valence-electron chi connectivity index (χ2n) is 4.01. The number of ether oxygens (including phenoxy) is 2. The number of carbonyl (C=O) groups is 2. The normalized spacial score (nSPS) is 11.7. The van der Waals surface area contributed by atoms with Crippen molar-refractivity contribution < 1.29 is 24.2 Å². The lowest BCUT2D eigenvalue weighted by Crippen LogP contribution is -2.37. The molecule has 1 unspecified atom stereocenters. The summed E-state index contributed by atoms with van der Waals surface area (Å²) < 4.78 is 11.1. The lowest BCUT2D eigenvalue weighted by Gasteiger charge is -2.14. The number of rotatable bonds is 8. The predicted molar refractivity (Wildman–Crippen MR) is 75.7 cm³/mol. The van der Waals surface area contributed by atoms with E-state index in [2.05, 4.69) is 21.2 Å². The monoisotopic (exact) mass is 345 g/mol. The third kappa shape index (κ3) is 6.53. The first-order valence-electron chi connectivity index (χ1n) is 5.91. The number of hydrogen-bond acceptors (Lipinski definition) is 4. The van der Waals surface area contributed by atoms with Crippen molar-refractivity contribution in [3.63, 3.8) is 0 Å². The van der Waals surface area contributed by atoms with Gasteiger partial charge in [0.25, 0.3) is 5.91 Å². The van der Waals surface area contributed by atoms with E-state index in [1.807, 2.05) is 6.07 Å². The second-order valence-corrected chi connectivity index (χ2v) is 4.92. The van der Waals surface area contributed by atoms with E-state index in [1.54, 1.807) is 18.2 Å². The number of amides is 1. The minimum absolute atomic E-state index is 0.128. The van der Waals surface area contributed by atoms with Crippen LogP contribution in [0.2, 0.25) is 0 Å². The topological polar surface area (TPSA) is 84.9 Å². The molecule has 0 aromatic heterocycles. The number of carbonyl (C=O) groups excluding carboxylic acids is 1. The Kier molecular flexibility index (Phi) is 7.03. The van der Waals surface area contributed by atoms with Gasteiger partial charge in [0.15, 0.2) is 6.61 Å². The molecule has 0 spiro atoms. The zero-order chi connectivity index (χ0) is 15.0. The number of aliphatic carboxylic acids is 1. The van der Waals surface area contributed by atoms with Crippen LogP contribution in [0, 0.1) is 0 Å². The van der Waals surface area contributed by atoms with E-state index < -0.39 is 12.1 Å². The van der Waals surface area contributed by atoms with Crippen LogP contribution >= 0.6 is 15.9 Å². The number of hydrogen-bond donors (Lipinski definition) is 2. The standard InChI is InChI=1S/C13H16BrNO5/c1-19-11(6-13(17)18)7-15-12(16)8-20-10-4-2-3-9(14)5-10/h2-5,11H,6-8H2,1H3,(H,15,16)(H,17,18). The molecule has 0 radical (unpaired) electrons. The van der Waals surface area contributed by atoms with Crippen molar-refractivity contribution in [2.24, 2.45) is 0 Å². The lowest BCUT2D eigenvalue weighted by atomic mass is 10.2. The smallest absolute Gasteiger partial charge is 0.306 e. The molecule has 1 aromatic rings. The SMILES string of the molecule is COC(CNC(=O)COc1cccc(Br)c1)CC(=O)O. The maximum Gasteiger partial charge on any atom is 0.306 e. The lowest BCUT2D eigenvalue weighted by molar-refractivity contribution is -0.140. The minimum Gasteiger partial charge on any atom is -0.484 e. The molecule has 6 nitrogen and oxygen atoms in total. The van der Waals surface area contributed by atoms with Gasteiger partial charge in [-0.05, 0) is 18.2 Å². The first kappa shape index (κ1) is 16.5. The van der Waals surface area contributed by atoms with Crippen LogP contribution in [-0.2, 0) is 14.3 Å². The third-order valence-corrected chi connectivity index (χ3v) is 2.92. The summed E-state index contributed by atoms with van der Waals surface area (Å²) in [7, 11) is 1.40. The Hall–Kier alpha value is -1.60. The quantitative estimate of drug-likeness (QED) is 0.744. The van der Waals surface area contributed by atoms with E-state index in [9.17, 15) is 9.59 Å². The fourth-order valence-corrected chi connectivity index (χ4v) is 1.80. The highest BCUT2D eigenvalue weighted by molar-refractivity contribution is 9.10. The number of benzene rings is 1. The van der Waals surface area contributed by atoms with Gasteiger partial charge in [-0.1, -0.05) is 22.0 Å². The molecule has 0 fully saturated rings. The highest BCUT2D eigenvalue weighted by Gasteiger charge is 2.13. The Morgan fingerprint density at radius 1 is 1.45 bits per heavy atom. The minimum atomic E-state index is -0.975. The average molecular weight is 346 g/mol. The number of carboxylic acids is 1. The summed E-state index contributed by atoms with van der Waals surface area (Å²) >= 11 is 3.30. The molecule has 2 N–H and O–H groups in total. The van der Waals surface area contributed by atoms with Gasteiger partial charge in [0, 0.05) is 18.1 Å².